The number of esters is 1. The molecule has 3 N–H and O–H groups in total. The number of hydrogen-bond acceptors (Lipinski definition) is 8. The van der Waals surface area contributed by atoms with E-state index >= 15 is 0 Å². The molecule has 3 heterocycles. The molecule has 9 nitrogen and oxygen atoms in total. The fraction of sp³-hybridized carbons (Fsp3) is 0.438. The smallest absolute Gasteiger partial charge is 0.330 e. The number of carbonyl (C=O) groups excluding carboxylic acids is 1. The molecule has 11 heteroatoms. The minimum Gasteiger partial charge on any atom is -0.462 e. The zero-order valence-electron chi connectivity index (χ0n) is 14.1. The van der Waals surface area contributed by atoms with Crippen LogP contribution in [0, 0.1) is 5.82 Å². The van der Waals surface area contributed by atoms with Gasteiger partial charge in [0.15, 0.2) is 0 Å². The molecule has 3 atom stereocenters. The van der Waals surface area contributed by atoms with Crippen LogP contribution in [0.3, 0.4) is 0 Å². The highest BCUT2D eigenvalue weighted by Gasteiger charge is 2.38. The summed E-state index contributed by atoms with van der Waals surface area (Å²) in [6, 6.07) is 3.80. The molecule has 0 amide bonds. The highest BCUT2D eigenvalue weighted by molar-refractivity contribution is 7.09. The Balaban J connectivity index is 1.75. The van der Waals surface area contributed by atoms with Crippen LogP contribution in [0.4, 0.5) is 4.39 Å². The van der Waals surface area contributed by atoms with E-state index in [-0.39, 0.29) is 19.6 Å². The molecule has 1 aliphatic heterocycles. The van der Waals surface area contributed by atoms with Crippen LogP contribution in [-0.2, 0) is 25.6 Å². The van der Waals surface area contributed by atoms with Crippen molar-refractivity contribution in [1.29, 1.82) is 0 Å². The van der Waals surface area contributed by atoms with E-state index in [1.165, 1.54) is 11.3 Å². The van der Waals surface area contributed by atoms with Crippen LogP contribution in [0.25, 0.3) is 0 Å². The predicted molar refractivity (Wildman–Crippen MR) is 92.7 cm³/mol. The third-order valence-electron chi connectivity index (χ3n) is 4.01. The van der Waals surface area contributed by atoms with E-state index in [2.05, 4.69) is 0 Å². The van der Waals surface area contributed by atoms with Gasteiger partial charge in [-0.15, -0.1) is 11.3 Å². The second-order valence-corrected chi connectivity index (χ2v) is 6.86. The molecule has 2 aromatic heterocycles. The number of hydrogen-bond donors (Lipinski definition) is 2. The van der Waals surface area contributed by atoms with Gasteiger partial charge in [0.25, 0.3) is 5.56 Å². The van der Waals surface area contributed by atoms with Crippen molar-refractivity contribution in [2.24, 2.45) is 5.73 Å². The lowest BCUT2D eigenvalue weighted by Crippen LogP contribution is -2.34. The van der Waals surface area contributed by atoms with Crippen molar-refractivity contribution in [2.45, 2.75) is 31.5 Å². The van der Waals surface area contributed by atoms with Crippen LogP contribution in [0.1, 0.15) is 17.5 Å². The van der Waals surface area contributed by atoms with Gasteiger partial charge in [0.2, 0.25) is 5.82 Å². The molecular weight excluding hydrogens is 381 g/mol. The summed E-state index contributed by atoms with van der Waals surface area (Å²) in [6.45, 7) is -0.0850. The molecule has 27 heavy (non-hydrogen) atoms. The molecule has 2 aromatic rings. The van der Waals surface area contributed by atoms with Gasteiger partial charge in [0.1, 0.15) is 18.9 Å². The Morgan fingerprint density at radius 3 is 3.00 bits per heavy atom. The molecule has 0 aromatic carbocycles. The van der Waals surface area contributed by atoms with E-state index in [4.69, 9.17) is 19.9 Å². The largest absolute Gasteiger partial charge is 0.462 e. The Labute approximate surface area is 156 Å². The summed E-state index contributed by atoms with van der Waals surface area (Å²) in [5, 5.41) is 1.91. The Morgan fingerprint density at radius 2 is 2.30 bits per heavy atom. The lowest BCUT2D eigenvalue weighted by atomic mass is 10.2. The van der Waals surface area contributed by atoms with Gasteiger partial charge in [0, 0.05) is 11.3 Å². The summed E-state index contributed by atoms with van der Waals surface area (Å²) in [6.07, 6.45) is -1.06. The normalized spacial score (nSPS) is 22.1. The van der Waals surface area contributed by atoms with Crippen molar-refractivity contribution in [2.75, 3.05) is 13.2 Å². The summed E-state index contributed by atoms with van der Waals surface area (Å²) in [5.74, 6) is -1.71. The minimum atomic E-state index is -1.10. The maximum absolute atomic E-state index is 13.6. The number of rotatable bonds is 7. The van der Waals surface area contributed by atoms with Gasteiger partial charge in [-0.2, -0.15) is 4.39 Å². The molecule has 0 saturated carbocycles. The SMILES string of the molecule is NCC(=O)OC[C@H]1O[C@@H](n2cc(F)c(=O)[nH]c2=O)C[C@@H]1OCc1cccs1. The van der Waals surface area contributed by atoms with Gasteiger partial charge in [-0.1, -0.05) is 6.07 Å². The van der Waals surface area contributed by atoms with Crippen LogP contribution in [0.2, 0.25) is 0 Å². The average molecular weight is 399 g/mol. The summed E-state index contributed by atoms with van der Waals surface area (Å²) in [5.41, 5.74) is 3.31. The maximum atomic E-state index is 13.6. The van der Waals surface area contributed by atoms with Gasteiger partial charge in [-0.05, 0) is 11.4 Å². The van der Waals surface area contributed by atoms with Crippen molar-refractivity contribution in [3.05, 3.63) is 55.2 Å². The summed E-state index contributed by atoms with van der Waals surface area (Å²) in [4.78, 5) is 37.4. The number of aromatic amines is 1. The number of thiophene rings is 1. The first-order chi connectivity index (χ1) is 13.0. The molecule has 0 bridgehead atoms. The van der Waals surface area contributed by atoms with E-state index in [0.29, 0.717) is 6.61 Å². The van der Waals surface area contributed by atoms with Gasteiger partial charge in [0.05, 0.1) is 25.5 Å². The van der Waals surface area contributed by atoms with Crippen molar-refractivity contribution in [3.8, 4) is 0 Å². The van der Waals surface area contributed by atoms with Crippen molar-refractivity contribution in [1.82, 2.24) is 9.55 Å². The lowest BCUT2D eigenvalue weighted by molar-refractivity contribution is -0.149. The third-order valence-corrected chi connectivity index (χ3v) is 4.86. The first-order valence-corrected chi connectivity index (χ1v) is 9.02. The number of halogens is 1. The molecule has 146 valence electrons. The van der Waals surface area contributed by atoms with Gasteiger partial charge in [-0.3, -0.25) is 19.1 Å². The fourth-order valence-corrected chi connectivity index (χ4v) is 3.31. The molecular formula is C16H18FN3O6S. The van der Waals surface area contributed by atoms with Crippen LogP contribution < -0.4 is 17.0 Å². The van der Waals surface area contributed by atoms with E-state index < -0.39 is 41.5 Å². The quantitative estimate of drug-likeness (QED) is 0.633. The number of nitrogens with two attached hydrogens (primary N) is 1. The number of H-pyrrole nitrogens is 1. The highest BCUT2D eigenvalue weighted by Crippen LogP contribution is 2.31. The third kappa shape index (κ3) is 4.69. The fourth-order valence-electron chi connectivity index (χ4n) is 2.69. The summed E-state index contributed by atoms with van der Waals surface area (Å²) >= 11 is 1.52. The molecule has 0 spiro atoms. The lowest BCUT2D eigenvalue weighted by Gasteiger charge is -2.18. The number of aromatic nitrogens is 2. The zero-order chi connectivity index (χ0) is 19.4. The Morgan fingerprint density at radius 1 is 1.48 bits per heavy atom. The second kappa shape index (κ2) is 8.57. The monoisotopic (exact) mass is 399 g/mol. The topological polar surface area (TPSA) is 126 Å². The number of nitrogens with one attached hydrogen (secondary N) is 1. The number of ether oxygens (including phenoxy) is 3. The molecule has 0 radical (unpaired) electrons. The Hall–Kier alpha value is -2.34. The zero-order valence-corrected chi connectivity index (χ0v) is 14.9. The van der Waals surface area contributed by atoms with E-state index in [0.717, 1.165) is 15.6 Å². The minimum absolute atomic E-state index is 0.123. The average Bonchev–Trinajstić information content (AvgIpc) is 3.30. The van der Waals surface area contributed by atoms with Gasteiger partial charge < -0.3 is 19.9 Å². The molecule has 1 aliphatic rings. The van der Waals surface area contributed by atoms with Crippen LogP contribution in [0.15, 0.2) is 33.3 Å². The first-order valence-electron chi connectivity index (χ1n) is 8.14. The predicted octanol–water partition coefficient (Wildman–Crippen LogP) is 0.112. The summed E-state index contributed by atoms with van der Waals surface area (Å²) < 4.78 is 31.1. The van der Waals surface area contributed by atoms with Crippen molar-refractivity contribution >= 4 is 17.3 Å². The van der Waals surface area contributed by atoms with Gasteiger partial charge in [-0.25, -0.2) is 4.79 Å². The van der Waals surface area contributed by atoms with E-state index in [9.17, 15) is 18.8 Å². The Bertz CT molecular complexity index is 896. The maximum Gasteiger partial charge on any atom is 0.330 e. The van der Waals surface area contributed by atoms with Crippen molar-refractivity contribution < 1.29 is 23.4 Å². The second-order valence-electron chi connectivity index (χ2n) is 5.82. The van der Waals surface area contributed by atoms with Gasteiger partial charge >= 0.3 is 11.7 Å². The van der Waals surface area contributed by atoms with Crippen molar-refractivity contribution in [3.63, 3.8) is 0 Å². The van der Waals surface area contributed by atoms with E-state index in [1.807, 2.05) is 22.5 Å². The highest BCUT2D eigenvalue weighted by atomic mass is 32.1. The van der Waals surface area contributed by atoms with Crippen LogP contribution >= 0.6 is 11.3 Å². The van der Waals surface area contributed by atoms with Crippen LogP contribution in [0.5, 0.6) is 0 Å². The van der Waals surface area contributed by atoms with Crippen LogP contribution in [-0.4, -0.2) is 40.9 Å². The molecule has 0 unspecified atom stereocenters. The number of nitrogens with zero attached hydrogens (tertiary/aromatic N) is 1. The molecule has 1 saturated heterocycles. The number of carbonyl (C=O) groups is 1. The summed E-state index contributed by atoms with van der Waals surface area (Å²) in [7, 11) is 0. The first kappa shape index (κ1) is 19.4. The molecule has 3 rings (SSSR count). The Kier molecular flexibility index (Phi) is 6.16. The molecule has 1 fully saturated rings. The standard InChI is InChI=1S/C16H18FN3O6S/c17-10-6-20(16(23)19-15(10)22)13-4-11(24-7-9-2-1-3-27-9)12(26-13)8-25-14(21)5-18/h1-3,6,11-13H,4-5,7-8,18H2,(H,19,22,23)/t11-,12+,13+/m0/s1. The van der Waals surface area contributed by atoms with E-state index in [1.54, 1.807) is 0 Å². The molecule has 0 aliphatic carbocycles.